The van der Waals surface area contributed by atoms with Crippen LogP contribution in [0.15, 0.2) is 91.5 Å². The third-order valence-corrected chi connectivity index (χ3v) is 5.26. The first-order chi connectivity index (χ1) is 16.6. The van der Waals surface area contributed by atoms with Gasteiger partial charge in [0.15, 0.2) is 5.78 Å². The molecule has 2 aromatic carbocycles. The molecule has 0 aliphatic heterocycles. The van der Waals surface area contributed by atoms with Crippen molar-refractivity contribution in [1.29, 1.82) is 0 Å². The molecule has 5 rings (SSSR count). The lowest BCUT2D eigenvalue weighted by Gasteiger charge is -2.09. The van der Waals surface area contributed by atoms with Crippen LogP contribution >= 0.6 is 0 Å². The molecular formula is C26H18FN5O2. The van der Waals surface area contributed by atoms with E-state index in [0.29, 0.717) is 33.5 Å². The number of rotatable bonds is 5. The van der Waals surface area contributed by atoms with E-state index in [1.54, 1.807) is 49.1 Å². The molecule has 3 N–H and O–H groups in total. The Morgan fingerprint density at radius 3 is 2.47 bits per heavy atom. The van der Waals surface area contributed by atoms with E-state index in [1.165, 1.54) is 24.3 Å². The van der Waals surface area contributed by atoms with Crippen molar-refractivity contribution in [3.05, 3.63) is 108 Å². The molecule has 0 saturated heterocycles. The Hall–Kier alpha value is -4.85. The molecule has 0 spiro atoms. The molecule has 166 valence electrons. The smallest absolute Gasteiger partial charge is 0.323 e. The number of ketones is 1. The van der Waals surface area contributed by atoms with Crippen LogP contribution in [0.3, 0.4) is 0 Å². The summed E-state index contributed by atoms with van der Waals surface area (Å²) in [4.78, 5) is 37.2. The standard InChI is InChI=1S/C26H18FN5O2/c27-19-6-8-20(9-7-19)31-26(34)32-21-5-1-3-16(11-21)24(33)23-15-30-25-22(23)12-18(14-29-25)17-4-2-10-28-13-17/h1-15H,(H,29,30)(H2,31,32,34). The summed E-state index contributed by atoms with van der Waals surface area (Å²) >= 11 is 0. The average Bonchev–Trinajstić information content (AvgIpc) is 3.29. The first-order valence-electron chi connectivity index (χ1n) is 10.4. The zero-order valence-electron chi connectivity index (χ0n) is 17.7. The highest BCUT2D eigenvalue weighted by atomic mass is 19.1. The van der Waals surface area contributed by atoms with Crippen LogP contribution in [0.4, 0.5) is 20.6 Å². The Bertz CT molecular complexity index is 1500. The quantitative estimate of drug-likeness (QED) is 0.301. The van der Waals surface area contributed by atoms with Crippen molar-refractivity contribution in [2.24, 2.45) is 0 Å². The van der Waals surface area contributed by atoms with Crippen LogP contribution in [0.25, 0.3) is 22.2 Å². The maximum atomic E-state index is 13.3. The van der Waals surface area contributed by atoms with Gasteiger partial charge >= 0.3 is 6.03 Å². The summed E-state index contributed by atoms with van der Waals surface area (Å²) in [5, 5.41) is 6.00. The summed E-state index contributed by atoms with van der Waals surface area (Å²) < 4.78 is 13.0. The number of H-pyrrole nitrogens is 1. The summed E-state index contributed by atoms with van der Waals surface area (Å²) in [6.45, 7) is 0. The maximum absolute atomic E-state index is 13.3. The molecule has 2 amide bonds. The Morgan fingerprint density at radius 1 is 0.853 bits per heavy atom. The average molecular weight is 451 g/mol. The van der Waals surface area contributed by atoms with Crippen molar-refractivity contribution in [3.8, 4) is 11.1 Å². The fraction of sp³-hybridized carbons (Fsp3) is 0. The molecule has 8 heteroatoms. The molecule has 7 nitrogen and oxygen atoms in total. The zero-order valence-corrected chi connectivity index (χ0v) is 17.7. The molecule has 0 radical (unpaired) electrons. The number of urea groups is 1. The van der Waals surface area contributed by atoms with Crippen LogP contribution in [-0.2, 0) is 0 Å². The largest absolute Gasteiger partial charge is 0.345 e. The summed E-state index contributed by atoms with van der Waals surface area (Å²) in [5.41, 5.74) is 4.12. The highest BCUT2D eigenvalue weighted by molar-refractivity contribution is 6.16. The van der Waals surface area contributed by atoms with Gasteiger partial charge in [0.25, 0.3) is 0 Å². The first kappa shape index (κ1) is 21.0. The Kier molecular flexibility index (Phi) is 5.53. The van der Waals surface area contributed by atoms with E-state index in [-0.39, 0.29) is 5.78 Å². The lowest BCUT2D eigenvalue weighted by Crippen LogP contribution is -2.19. The molecule has 5 aromatic rings. The minimum atomic E-state index is -0.506. The second-order valence-electron chi connectivity index (χ2n) is 7.56. The fourth-order valence-corrected chi connectivity index (χ4v) is 3.60. The van der Waals surface area contributed by atoms with Gasteiger partial charge in [0.2, 0.25) is 0 Å². The van der Waals surface area contributed by atoms with Gasteiger partial charge in [0, 0.05) is 63.8 Å². The molecule has 3 aromatic heterocycles. The lowest BCUT2D eigenvalue weighted by atomic mass is 10.0. The highest BCUT2D eigenvalue weighted by Gasteiger charge is 2.16. The zero-order chi connectivity index (χ0) is 23.5. The van der Waals surface area contributed by atoms with Crippen LogP contribution in [0.2, 0.25) is 0 Å². The van der Waals surface area contributed by atoms with Gasteiger partial charge in [-0.3, -0.25) is 9.78 Å². The lowest BCUT2D eigenvalue weighted by molar-refractivity contribution is 0.104. The number of hydrogen-bond donors (Lipinski definition) is 3. The van der Waals surface area contributed by atoms with Crippen molar-refractivity contribution < 1.29 is 14.0 Å². The number of benzene rings is 2. The van der Waals surface area contributed by atoms with Gasteiger partial charge in [0.05, 0.1) is 0 Å². The maximum Gasteiger partial charge on any atom is 0.323 e. The van der Waals surface area contributed by atoms with Crippen LogP contribution in [-0.4, -0.2) is 26.8 Å². The molecule has 0 fully saturated rings. The van der Waals surface area contributed by atoms with Crippen molar-refractivity contribution in [2.45, 2.75) is 0 Å². The van der Waals surface area contributed by atoms with Crippen LogP contribution in [0, 0.1) is 5.82 Å². The Morgan fingerprint density at radius 2 is 1.68 bits per heavy atom. The van der Waals surface area contributed by atoms with Gasteiger partial charge in [-0.1, -0.05) is 18.2 Å². The molecule has 0 unspecified atom stereocenters. The summed E-state index contributed by atoms with van der Waals surface area (Å²) in [6.07, 6.45) is 6.80. The Labute approximate surface area is 193 Å². The number of carbonyl (C=O) groups is 2. The number of pyridine rings is 2. The Balaban J connectivity index is 1.38. The predicted molar refractivity (Wildman–Crippen MR) is 128 cm³/mol. The SMILES string of the molecule is O=C(Nc1ccc(F)cc1)Nc1cccc(C(=O)c2c[nH]c3ncc(-c4cccnc4)cc23)c1. The first-order valence-corrected chi connectivity index (χ1v) is 10.4. The van der Waals surface area contributed by atoms with Crippen LogP contribution in [0.1, 0.15) is 15.9 Å². The number of nitrogens with zero attached hydrogens (tertiary/aromatic N) is 2. The van der Waals surface area contributed by atoms with E-state index in [1.807, 2.05) is 18.2 Å². The van der Waals surface area contributed by atoms with Crippen molar-refractivity contribution in [1.82, 2.24) is 15.0 Å². The number of nitrogens with one attached hydrogen (secondary N) is 3. The normalized spacial score (nSPS) is 10.7. The monoisotopic (exact) mass is 451 g/mol. The fourth-order valence-electron chi connectivity index (χ4n) is 3.60. The van der Waals surface area contributed by atoms with Crippen molar-refractivity contribution in [2.75, 3.05) is 10.6 Å². The molecule has 0 atom stereocenters. The van der Waals surface area contributed by atoms with Crippen LogP contribution in [0.5, 0.6) is 0 Å². The minimum Gasteiger partial charge on any atom is -0.345 e. The highest BCUT2D eigenvalue weighted by Crippen LogP contribution is 2.26. The van der Waals surface area contributed by atoms with Gasteiger partial charge in [-0.2, -0.15) is 0 Å². The number of aromatic nitrogens is 3. The van der Waals surface area contributed by atoms with E-state index in [9.17, 15) is 14.0 Å². The molecule has 0 saturated carbocycles. The van der Waals surface area contributed by atoms with Gasteiger partial charge in [-0.05, 0) is 48.5 Å². The number of amides is 2. The van der Waals surface area contributed by atoms with E-state index in [0.717, 1.165) is 11.1 Å². The topological polar surface area (TPSA) is 99.8 Å². The predicted octanol–water partition coefficient (Wildman–Crippen LogP) is 5.64. The number of carbonyl (C=O) groups excluding carboxylic acids is 2. The van der Waals surface area contributed by atoms with E-state index in [4.69, 9.17) is 0 Å². The third kappa shape index (κ3) is 4.37. The number of halogens is 1. The number of anilines is 2. The summed E-state index contributed by atoms with van der Waals surface area (Å²) in [6, 6.07) is 17.2. The van der Waals surface area contributed by atoms with Crippen LogP contribution < -0.4 is 10.6 Å². The van der Waals surface area contributed by atoms with Gasteiger partial charge in [-0.15, -0.1) is 0 Å². The van der Waals surface area contributed by atoms with Gasteiger partial charge in [-0.25, -0.2) is 14.2 Å². The van der Waals surface area contributed by atoms with Crippen molar-refractivity contribution >= 4 is 34.2 Å². The minimum absolute atomic E-state index is 0.209. The second kappa shape index (κ2) is 8.95. The number of fused-ring (bicyclic) bond motifs is 1. The molecule has 0 aliphatic carbocycles. The molecule has 0 aliphatic rings. The van der Waals surface area contributed by atoms with Crippen molar-refractivity contribution in [3.63, 3.8) is 0 Å². The molecule has 34 heavy (non-hydrogen) atoms. The van der Waals surface area contributed by atoms with Gasteiger partial charge in [0.1, 0.15) is 11.5 Å². The summed E-state index contributed by atoms with van der Waals surface area (Å²) in [7, 11) is 0. The van der Waals surface area contributed by atoms with E-state index < -0.39 is 11.8 Å². The molecular weight excluding hydrogens is 433 g/mol. The number of hydrogen-bond acceptors (Lipinski definition) is 4. The number of aromatic amines is 1. The summed E-state index contributed by atoms with van der Waals surface area (Å²) in [5.74, 6) is -0.601. The molecule has 0 bridgehead atoms. The van der Waals surface area contributed by atoms with E-state index in [2.05, 4.69) is 25.6 Å². The van der Waals surface area contributed by atoms with Gasteiger partial charge < -0.3 is 15.6 Å². The molecule has 3 heterocycles. The van der Waals surface area contributed by atoms with E-state index >= 15 is 0 Å². The third-order valence-electron chi connectivity index (χ3n) is 5.26. The second-order valence-corrected chi connectivity index (χ2v) is 7.56.